The molecule has 0 aromatic heterocycles. The molecule has 0 saturated carbocycles. The minimum Gasteiger partial charge on any atom is -0.399 e. The molecule has 1 aromatic carbocycles. The fourth-order valence-corrected chi connectivity index (χ4v) is 2.00. The lowest BCUT2D eigenvalue weighted by atomic mass is 10.2. The van der Waals surface area contributed by atoms with E-state index in [9.17, 15) is 9.00 Å². The van der Waals surface area contributed by atoms with Crippen LogP contribution in [0.1, 0.15) is 13.8 Å². The van der Waals surface area contributed by atoms with Crippen molar-refractivity contribution in [1.29, 1.82) is 0 Å². The Morgan fingerprint density at radius 1 is 1.35 bits per heavy atom. The van der Waals surface area contributed by atoms with Crippen molar-refractivity contribution in [1.82, 2.24) is 0 Å². The van der Waals surface area contributed by atoms with E-state index in [-0.39, 0.29) is 16.9 Å². The van der Waals surface area contributed by atoms with E-state index in [0.717, 1.165) is 5.69 Å². The highest BCUT2D eigenvalue weighted by Gasteiger charge is 2.16. The van der Waals surface area contributed by atoms with E-state index < -0.39 is 10.8 Å². The standard InChI is InChI=1S/C12H18N2O2S/c1-9(2)17(16)8-12(15)14(3)11-6-4-10(13)5-7-11/h4-7,9H,8,13H2,1-3H3. The molecule has 1 atom stereocenters. The Morgan fingerprint density at radius 3 is 2.35 bits per heavy atom. The maximum atomic E-state index is 11.8. The molecule has 0 aliphatic heterocycles. The Bertz CT molecular complexity index is 415. The first-order valence-electron chi connectivity index (χ1n) is 5.41. The van der Waals surface area contributed by atoms with Crippen LogP contribution in [0.25, 0.3) is 0 Å². The van der Waals surface area contributed by atoms with E-state index in [0.29, 0.717) is 5.69 Å². The van der Waals surface area contributed by atoms with Gasteiger partial charge in [0, 0.05) is 34.5 Å². The van der Waals surface area contributed by atoms with Crippen LogP contribution in [-0.2, 0) is 15.6 Å². The SMILES string of the molecule is CC(C)S(=O)CC(=O)N(C)c1ccc(N)cc1. The summed E-state index contributed by atoms with van der Waals surface area (Å²) in [5.74, 6) is -0.0970. The number of rotatable bonds is 4. The van der Waals surface area contributed by atoms with Gasteiger partial charge in [0.25, 0.3) is 0 Å². The third kappa shape index (κ3) is 3.85. The summed E-state index contributed by atoms with van der Waals surface area (Å²) in [4.78, 5) is 13.3. The molecule has 0 spiro atoms. The van der Waals surface area contributed by atoms with Crippen molar-refractivity contribution in [3.63, 3.8) is 0 Å². The summed E-state index contributed by atoms with van der Waals surface area (Å²) >= 11 is 0. The highest BCUT2D eigenvalue weighted by molar-refractivity contribution is 7.86. The second-order valence-corrected chi connectivity index (χ2v) is 6.11. The molecule has 5 heteroatoms. The Labute approximate surface area is 104 Å². The van der Waals surface area contributed by atoms with Crippen LogP contribution in [0.2, 0.25) is 0 Å². The highest BCUT2D eigenvalue weighted by Crippen LogP contribution is 2.15. The Balaban J connectivity index is 2.70. The predicted molar refractivity (Wildman–Crippen MR) is 72.4 cm³/mol. The van der Waals surface area contributed by atoms with Gasteiger partial charge in [-0.1, -0.05) is 13.8 Å². The first-order valence-corrected chi connectivity index (χ1v) is 6.79. The molecule has 94 valence electrons. The number of nitrogens with zero attached hydrogens (tertiary/aromatic N) is 1. The number of nitrogen functional groups attached to an aromatic ring is 1. The average Bonchev–Trinajstić information content (AvgIpc) is 2.28. The number of carbonyl (C=O) groups excluding carboxylic acids is 1. The number of carbonyl (C=O) groups is 1. The zero-order valence-corrected chi connectivity index (χ0v) is 11.2. The van der Waals surface area contributed by atoms with Crippen molar-refractivity contribution in [2.24, 2.45) is 0 Å². The Kier molecular flexibility index (Phi) is 4.69. The number of amides is 1. The van der Waals surface area contributed by atoms with Crippen LogP contribution in [0, 0.1) is 0 Å². The number of hydrogen-bond acceptors (Lipinski definition) is 3. The molecule has 0 aliphatic carbocycles. The van der Waals surface area contributed by atoms with Gasteiger partial charge < -0.3 is 10.6 Å². The molecule has 1 amide bonds. The molecular formula is C12H18N2O2S. The molecule has 0 radical (unpaired) electrons. The number of benzene rings is 1. The minimum atomic E-state index is -1.12. The summed E-state index contributed by atoms with van der Waals surface area (Å²) in [6, 6.07) is 7.01. The van der Waals surface area contributed by atoms with Gasteiger partial charge in [0.2, 0.25) is 5.91 Å². The monoisotopic (exact) mass is 254 g/mol. The molecule has 1 aromatic rings. The van der Waals surface area contributed by atoms with Gasteiger partial charge in [-0.25, -0.2) is 0 Å². The Morgan fingerprint density at radius 2 is 1.88 bits per heavy atom. The minimum absolute atomic E-state index is 0.00114. The van der Waals surface area contributed by atoms with E-state index in [2.05, 4.69) is 0 Å². The maximum Gasteiger partial charge on any atom is 0.239 e. The van der Waals surface area contributed by atoms with Gasteiger partial charge in [-0.15, -0.1) is 0 Å². The molecule has 1 rings (SSSR count). The van der Waals surface area contributed by atoms with Gasteiger partial charge in [-0.2, -0.15) is 0 Å². The van der Waals surface area contributed by atoms with Gasteiger partial charge in [0.05, 0.1) is 0 Å². The third-order valence-corrected chi connectivity index (χ3v) is 4.03. The van der Waals surface area contributed by atoms with Crippen molar-refractivity contribution in [2.75, 3.05) is 23.4 Å². The van der Waals surface area contributed by atoms with Crippen molar-refractivity contribution in [3.8, 4) is 0 Å². The van der Waals surface area contributed by atoms with E-state index in [1.807, 2.05) is 13.8 Å². The molecule has 0 fully saturated rings. The van der Waals surface area contributed by atoms with Crippen LogP contribution in [0.3, 0.4) is 0 Å². The molecular weight excluding hydrogens is 236 g/mol. The lowest BCUT2D eigenvalue weighted by molar-refractivity contribution is -0.115. The molecule has 0 bridgehead atoms. The Hall–Kier alpha value is -1.36. The number of nitrogens with two attached hydrogens (primary N) is 1. The van der Waals surface area contributed by atoms with E-state index >= 15 is 0 Å². The largest absolute Gasteiger partial charge is 0.399 e. The van der Waals surface area contributed by atoms with Crippen molar-refractivity contribution >= 4 is 28.1 Å². The van der Waals surface area contributed by atoms with Crippen molar-refractivity contribution in [2.45, 2.75) is 19.1 Å². The highest BCUT2D eigenvalue weighted by atomic mass is 32.2. The van der Waals surface area contributed by atoms with E-state index in [1.165, 1.54) is 4.90 Å². The maximum absolute atomic E-state index is 11.8. The molecule has 0 aliphatic rings. The van der Waals surface area contributed by atoms with Gasteiger partial charge in [-0.05, 0) is 24.3 Å². The number of anilines is 2. The van der Waals surface area contributed by atoms with Crippen LogP contribution < -0.4 is 10.6 Å². The molecule has 0 heterocycles. The lowest BCUT2D eigenvalue weighted by Gasteiger charge is -2.17. The lowest BCUT2D eigenvalue weighted by Crippen LogP contribution is -2.32. The van der Waals surface area contributed by atoms with Crippen LogP contribution >= 0.6 is 0 Å². The zero-order chi connectivity index (χ0) is 13.0. The summed E-state index contributed by atoms with van der Waals surface area (Å²) in [5.41, 5.74) is 6.98. The van der Waals surface area contributed by atoms with Gasteiger partial charge in [-0.3, -0.25) is 9.00 Å². The van der Waals surface area contributed by atoms with E-state index in [4.69, 9.17) is 5.73 Å². The van der Waals surface area contributed by atoms with Crippen molar-refractivity contribution in [3.05, 3.63) is 24.3 Å². The zero-order valence-electron chi connectivity index (χ0n) is 10.3. The normalized spacial score (nSPS) is 12.5. The van der Waals surface area contributed by atoms with E-state index in [1.54, 1.807) is 31.3 Å². The first-order chi connectivity index (χ1) is 7.91. The first kappa shape index (κ1) is 13.7. The molecule has 2 N–H and O–H groups in total. The van der Waals surface area contributed by atoms with Gasteiger partial charge in [0.15, 0.2) is 0 Å². The van der Waals surface area contributed by atoms with Crippen LogP contribution in [0.4, 0.5) is 11.4 Å². The molecule has 17 heavy (non-hydrogen) atoms. The summed E-state index contributed by atoms with van der Waals surface area (Å²) < 4.78 is 11.6. The average molecular weight is 254 g/mol. The van der Waals surface area contributed by atoms with Crippen LogP contribution in [-0.4, -0.2) is 28.2 Å². The summed E-state index contributed by atoms with van der Waals surface area (Å²) in [6.07, 6.45) is 0. The number of hydrogen-bond donors (Lipinski definition) is 1. The summed E-state index contributed by atoms with van der Waals surface area (Å²) in [6.45, 7) is 3.68. The molecule has 4 nitrogen and oxygen atoms in total. The topological polar surface area (TPSA) is 63.4 Å². The van der Waals surface area contributed by atoms with Gasteiger partial charge >= 0.3 is 0 Å². The third-order valence-electron chi connectivity index (χ3n) is 2.45. The van der Waals surface area contributed by atoms with Crippen LogP contribution in [0.15, 0.2) is 24.3 Å². The molecule has 1 unspecified atom stereocenters. The summed E-state index contributed by atoms with van der Waals surface area (Å²) in [7, 11) is 0.556. The summed E-state index contributed by atoms with van der Waals surface area (Å²) in [5, 5.41) is -0.00114. The fourth-order valence-electron chi connectivity index (χ4n) is 1.23. The smallest absolute Gasteiger partial charge is 0.239 e. The second kappa shape index (κ2) is 5.82. The van der Waals surface area contributed by atoms with Crippen LogP contribution in [0.5, 0.6) is 0 Å². The quantitative estimate of drug-likeness (QED) is 0.826. The fraction of sp³-hybridized carbons (Fsp3) is 0.417. The van der Waals surface area contributed by atoms with Gasteiger partial charge in [0.1, 0.15) is 5.75 Å². The molecule has 0 saturated heterocycles. The predicted octanol–water partition coefficient (Wildman–Crippen LogP) is 1.39. The van der Waals surface area contributed by atoms with Crippen molar-refractivity contribution < 1.29 is 9.00 Å². The second-order valence-electron chi connectivity index (χ2n) is 4.12.